The van der Waals surface area contributed by atoms with E-state index in [1.807, 2.05) is 45.0 Å². The number of hydrogen-bond donors (Lipinski definition) is 3. The average Bonchev–Trinajstić information content (AvgIpc) is 3.21. The van der Waals surface area contributed by atoms with Crippen LogP contribution >= 0.6 is 0 Å². The third kappa shape index (κ3) is 4.72. The van der Waals surface area contributed by atoms with Gasteiger partial charge >= 0.3 is 0 Å². The molecule has 1 aromatic rings. The van der Waals surface area contributed by atoms with Crippen LogP contribution in [0.1, 0.15) is 59.3 Å². The van der Waals surface area contributed by atoms with Gasteiger partial charge in [0.05, 0.1) is 23.3 Å². The van der Waals surface area contributed by atoms with Gasteiger partial charge < -0.3 is 25.4 Å². The van der Waals surface area contributed by atoms with Crippen molar-refractivity contribution in [2.75, 3.05) is 23.3 Å². The first-order valence-corrected chi connectivity index (χ1v) is 11.5. The fraction of sp³-hybridized carbons (Fsp3) is 0.667. The first-order chi connectivity index (χ1) is 14.7. The van der Waals surface area contributed by atoms with Crippen LogP contribution in [0.15, 0.2) is 24.3 Å². The second-order valence-electron chi connectivity index (χ2n) is 10.2. The summed E-state index contributed by atoms with van der Waals surface area (Å²) >= 11 is 0. The van der Waals surface area contributed by atoms with E-state index in [0.29, 0.717) is 18.5 Å². The van der Waals surface area contributed by atoms with E-state index in [1.165, 1.54) is 19.3 Å². The number of benzene rings is 1. The molecule has 3 fully saturated rings. The Balaban J connectivity index is 1.39. The Morgan fingerprint density at radius 3 is 2.52 bits per heavy atom. The molecule has 1 saturated carbocycles. The number of amides is 2. The Morgan fingerprint density at radius 1 is 1.19 bits per heavy atom. The smallest absolute Gasteiger partial charge is 0.239 e. The number of ether oxygens (including phenoxy) is 1. The predicted molar refractivity (Wildman–Crippen MR) is 120 cm³/mol. The molecule has 3 N–H and O–H groups in total. The maximum atomic E-state index is 12.9. The fourth-order valence-electron chi connectivity index (χ4n) is 5.26. The maximum Gasteiger partial charge on any atom is 0.239 e. The van der Waals surface area contributed by atoms with Crippen molar-refractivity contribution in [2.24, 2.45) is 5.92 Å². The van der Waals surface area contributed by atoms with E-state index >= 15 is 0 Å². The van der Waals surface area contributed by atoms with Crippen molar-refractivity contribution >= 4 is 23.2 Å². The highest BCUT2D eigenvalue weighted by atomic mass is 16.5. The van der Waals surface area contributed by atoms with Crippen molar-refractivity contribution in [3.8, 4) is 0 Å². The average molecular weight is 430 g/mol. The molecule has 3 aliphatic rings. The lowest BCUT2D eigenvalue weighted by atomic mass is 9.87. The van der Waals surface area contributed by atoms with Crippen LogP contribution in [0.5, 0.6) is 0 Å². The van der Waals surface area contributed by atoms with Gasteiger partial charge in [-0.25, -0.2) is 0 Å². The van der Waals surface area contributed by atoms with Crippen LogP contribution in [-0.4, -0.2) is 53.4 Å². The normalized spacial score (nSPS) is 31.2. The molecule has 170 valence electrons. The zero-order valence-corrected chi connectivity index (χ0v) is 18.8. The number of carbonyl (C=O) groups excluding carboxylic acids is 2. The van der Waals surface area contributed by atoms with Crippen LogP contribution in [-0.2, 0) is 14.3 Å². The molecule has 0 aromatic heterocycles. The summed E-state index contributed by atoms with van der Waals surface area (Å²) in [5.74, 6) is -1.99. The van der Waals surface area contributed by atoms with Gasteiger partial charge in [0, 0.05) is 24.5 Å². The molecule has 4 rings (SSSR count). The maximum absolute atomic E-state index is 12.9. The number of nitrogens with zero attached hydrogens (tertiary/aromatic N) is 1. The minimum absolute atomic E-state index is 0.0425. The summed E-state index contributed by atoms with van der Waals surface area (Å²) in [6, 6.07) is 7.72. The van der Waals surface area contributed by atoms with Gasteiger partial charge in [-0.05, 0) is 83.6 Å². The number of anilines is 2. The highest BCUT2D eigenvalue weighted by Gasteiger charge is 2.58. The molecular formula is C24H35N3O4. The summed E-state index contributed by atoms with van der Waals surface area (Å²) in [6.07, 6.45) is 4.45. The highest BCUT2D eigenvalue weighted by Crippen LogP contribution is 2.42. The second-order valence-corrected chi connectivity index (χ2v) is 10.2. The lowest BCUT2D eigenvalue weighted by Gasteiger charge is -2.30. The molecule has 1 spiro atoms. The lowest BCUT2D eigenvalue weighted by Crippen LogP contribution is -2.48. The summed E-state index contributed by atoms with van der Waals surface area (Å²) in [5.41, 5.74) is 0.701. The van der Waals surface area contributed by atoms with E-state index in [4.69, 9.17) is 4.74 Å². The quantitative estimate of drug-likeness (QED) is 0.641. The van der Waals surface area contributed by atoms with Crippen molar-refractivity contribution in [1.82, 2.24) is 5.32 Å². The minimum Gasteiger partial charge on any atom is -0.389 e. The zero-order chi connectivity index (χ0) is 22.2. The van der Waals surface area contributed by atoms with Crippen LogP contribution in [0.25, 0.3) is 0 Å². The van der Waals surface area contributed by atoms with Crippen molar-refractivity contribution in [3.63, 3.8) is 0 Å². The SMILES string of the molecule is CC(C)(C)O[C@@H]1CC[C@]2(C1)NC(=O)C(C(=O)Nc1ccc(N3CCCCC3)cc1)C2O. The summed E-state index contributed by atoms with van der Waals surface area (Å²) in [6.45, 7) is 8.10. The summed E-state index contributed by atoms with van der Waals surface area (Å²) < 4.78 is 6.05. The largest absolute Gasteiger partial charge is 0.389 e. The zero-order valence-electron chi connectivity index (χ0n) is 18.8. The molecule has 7 nitrogen and oxygen atoms in total. The Bertz CT molecular complexity index is 813. The first-order valence-electron chi connectivity index (χ1n) is 11.5. The molecule has 2 aliphatic heterocycles. The number of rotatable bonds is 4. The van der Waals surface area contributed by atoms with E-state index in [1.54, 1.807) is 0 Å². The summed E-state index contributed by atoms with van der Waals surface area (Å²) in [7, 11) is 0. The van der Waals surface area contributed by atoms with E-state index in [0.717, 1.165) is 25.2 Å². The monoisotopic (exact) mass is 429 g/mol. The molecule has 1 aromatic carbocycles. The lowest BCUT2D eigenvalue weighted by molar-refractivity contribution is -0.132. The van der Waals surface area contributed by atoms with Crippen LogP contribution < -0.4 is 15.5 Å². The molecule has 2 heterocycles. The number of aliphatic hydroxyl groups is 1. The second kappa shape index (κ2) is 8.43. The number of carbonyl (C=O) groups is 2. The molecular weight excluding hydrogens is 394 g/mol. The van der Waals surface area contributed by atoms with E-state index < -0.39 is 29.4 Å². The van der Waals surface area contributed by atoms with Crippen LogP contribution in [0.2, 0.25) is 0 Å². The Hall–Kier alpha value is -2.12. The number of nitrogens with one attached hydrogen (secondary N) is 2. The topological polar surface area (TPSA) is 90.9 Å². The molecule has 2 saturated heterocycles. The third-order valence-electron chi connectivity index (χ3n) is 6.70. The van der Waals surface area contributed by atoms with Crippen molar-refractivity contribution in [3.05, 3.63) is 24.3 Å². The van der Waals surface area contributed by atoms with Crippen molar-refractivity contribution in [1.29, 1.82) is 0 Å². The van der Waals surface area contributed by atoms with Gasteiger partial charge in [0.1, 0.15) is 5.92 Å². The molecule has 2 unspecified atom stereocenters. The van der Waals surface area contributed by atoms with Gasteiger partial charge in [0.2, 0.25) is 11.8 Å². The van der Waals surface area contributed by atoms with E-state index in [-0.39, 0.29) is 11.7 Å². The molecule has 31 heavy (non-hydrogen) atoms. The molecule has 1 aliphatic carbocycles. The summed E-state index contributed by atoms with van der Waals surface area (Å²) in [4.78, 5) is 27.9. The predicted octanol–water partition coefficient (Wildman–Crippen LogP) is 2.83. The van der Waals surface area contributed by atoms with Crippen LogP contribution in [0.4, 0.5) is 11.4 Å². The standard InChI is InChI=1S/C24H35N3O4/c1-23(2,3)31-18-11-12-24(15-18)20(28)19(22(30)26-24)21(29)25-16-7-9-17(10-8-16)27-13-5-4-6-14-27/h7-10,18-20,28H,4-6,11-15H2,1-3H3,(H,25,29)(H,26,30)/t18-,19?,20?,24-/m1/s1. The van der Waals surface area contributed by atoms with E-state index in [2.05, 4.69) is 15.5 Å². The number of aliphatic hydroxyl groups excluding tert-OH is 1. The number of hydrogen-bond acceptors (Lipinski definition) is 5. The van der Waals surface area contributed by atoms with Gasteiger partial charge in [-0.3, -0.25) is 9.59 Å². The van der Waals surface area contributed by atoms with Gasteiger partial charge in [0.25, 0.3) is 0 Å². The van der Waals surface area contributed by atoms with Gasteiger partial charge in [-0.1, -0.05) is 0 Å². The third-order valence-corrected chi connectivity index (χ3v) is 6.70. The molecule has 0 bridgehead atoms. The van der Waals surface area contributed by atoms with Crippen LogP contribution in [0, 0.1) is 5.92 Å². The molecule has 2 amide bonds. The summed E-state index contributed by atoms with van der Waals surface area (Å²) in [5, 5.41) is 16.7. The van der Waals surface area contributed by atoms with Gasteiger partial charge in [0.15, 0.2) is 0 Å². The van der Waals surface area contributed by atoms with Crippen molar-refractivity contribution < 1.29 is 19.4 Å². The van der Waals surface area contributed by atoms with Crippen molar-refractivity contribution in [2.45, 2.75) is 82.6 Å². The Labute approximate surface area is 184 Å². The van der Waals surface area contributed by atoms with Crippen LogP contribution in [0.3, 0.4) is 0 Å². The minimum atomic E-state index is -1.12. The first kappa shape index (κ1) is 22.1. The van der Waals surface area contributed by atoms with Gasteiger partial charge in [-0.2, -0.15) is 0 Å². The molecule has 7 heteroatoms. The Kier molecular flexibility index (Phi) is 6.01. The van der Waals surface area contributed by atoms with E-state index in [9.17, 15) is 14.7 Å². The molecule has 4 atom stereocenters. The highest BCUT2D eigenvalue weighted by molar-refractivity contribution is 6.08. The number of piperidine rings is 1. The van der Waals surface area contributed by atoms with Gasteiger partial charge in [-0.15, -0.1) is 0 Å². The Morgan fingerprint density at radius 2 is 1.87 bits per heavy atom. The fourth-order valence-corrected chi connectivity index (χ4v) is 5.26. The molecule has 0 radical (unpaired) electrons.